The highest BCUT2D eigenvalue weighted by molar-refractivity contribution is 7.92. The van der Waals surface area contributed by atoms with Crippen LogP contribution in [0.4, 0.5) is 17.1 Å². The number of methoxy groups -OCH3 is 1. The quantitative estimate of drug-likeness (QED) is 0.670. The summed E-state index contributed by atoms with van der Waals surface area (Å²) in [7, 11) is -2.11. The van der Waals surface area contributed by atoms with E-state index in [1.54, 1.807) is 24.3 Å². The predicted molar refractivity (Wildman–Crippen MR) is 105 cm³/mol. The molecule has 0 aliphatic carbocycles. The predicted octanol–water partition coefficient (Wildman–Crippen LogP) is 4.55. The fraction of sp³-hybridized carbons (Fsp3) is 0.100. The maximum atomic E-state index is 12.4. The van der Waals surface area contributed by atoms with Crippen LogP contribution < -0.4 is 14.8 Å². The van der Waals surface area contributed by atoms with E-state index < -0.39 is 10.0 Å². The van der Waals surface area contributed by atoms with Gasteiger partial charge in [-0.15, -0.1) is 0 Å². The van der Waals surface area contributed by atoms with Gasteiger partial charge in [-0.1, -0.05) is 12.1 Å². The maximum Gasteiger partial charge on any atom is 0.261 e. The number of ether oxygens (including phenoxy) is 1. The van der Waals surface area contributed by atoms with Crippen molar-refractivity contribution in [2.45, 2.75) is 11.8 Å². The molecule has 0 unspecified atom stereocenters. The lowest BCUT2D eigenvalue weighted by Gasteiger charge is -2.11. The molecule has 26 heavy (non-hydrogen) atoms. The first-order chi connectivity index (χ1) is 12.5. The highest BCUT2D eigenvalue weighted by Gasteiger charge is 2.14. The highest BCUT2D eigenvalue weighted by Crippen LogP contribution is 2.22. The van der Waals surface area contributed by atoms with Crippen LogP contribution in [0, 0.1) is 6.92 Å². The molecule has 0 radical (unpaired) electrons. The van der Waals surface area contributed by atoms with Crippen LogP contribution in [-0.4, -0.2) is 15.5 Å². The van der Waals surface area contributed by atoms with Gasteiger partial charge in [0, 0.05) is 17.1 Å². The molecule has 0 atom stereocenters. The monoisotopic (exact) mass is 368 g/mol. The number of nitrogens with one attached hydrogen (secondary N) is 2. The molecule has 0 spiro atoms. The zero-order valence-corrected chi connectivity index (χ0v) is 15.4. The molecule has 0 bridgehead atoms. The van der Waals surface area contributed by atoms with Crippen LogP contribution in [0.3, 0.4) is 0 Å². The lowest BCUT2D eigenvalue weighted by atomic mass is 10.2. The minimum absolute atomic E-state index is 0.181. The third kappa shape index (κ3) is 4.34. The topological polar surface area (TPSA) is 67.4 Å². The number of anilines is 3. The van der Waals surface area contributed by atoms with Gasteiger partial charge in [-0.3, -0.25) is 4.72 Å². The molecule has 5 nitrogen and oxygen atoms in total. The van der Waals surface area contributed by atoms with Crippen molar-refractivity contribution in [1.29, 1.82) is 0 Å². The van der Waals surface area contributed by atoms with Gasteiger partial charge in [-0.2, -0.15) is 0 Å². The van der Waals surface area contributed by atoms with Crippen LogP contribution in [0.5, 0.6) is 5.75 Å². The number of hydrogen-bond acceptors (Lipinski definition) is 4. The summed E-state index contributed by atoms with van der Waals surface area (Å²) in [6.07, 6.45) is 0. The van der Waals surface area contributed by atoms with Crippen molar-refractivity contribution in [3.05, 3.63) is 78.4 Å². The lowest BCUT2D eigenvalue weighted by molar-refractivity contribution is 0.414. The second-order valence-corrected chi connectivity index (χ2v) is 7.54. The SMILES string of the molecule is COc1ccc(S(=O)(=O)Nc2ccc(Nc3cccc(C)c3)cc2)cc1. The lowest BCUT2D eigenvalue weighted by Crippen LogP contribution is -2.12. The van der Waals surface area contributed by atoms with Gasteiger partial charge in [-0.25, -0.2) is 8.42 Å². The minimum Gasteiger partial charge on any atom is -0.497 e. The van der Waals surface area contributed by atoms with Crippen LogP contribution in [0.2, 0.25) is 0 Å². The molecule has 3 aromatic carbocycles. The number of aryl methyl sites for hydroxylation is 1. The average Bonchev–Trinajstić information content (AvgIpc) is 2.63. The van der Waals surface area contributed by atoms with E-state index >= 15 is 0 Å². The van der Waals surface area contributed by atoms with Gasteiger partial charge in [0.15, 0.2) is 0 Å². The Morgan fingerprint density at radius 3 is 2.08 bits per heavy atom. The smallest absolute Gasteiger partial charge is 0.261 e. The summed E-state index contributed by atoms with van der Waals surface area (Å²) in [6.45, 7) is 2.03. The van der Waals surface area contributed by atoms with E-state index in [-0.39, 0.29) is 4.90 Å². The Morgan fingerprint density at radius 2 is 1.46 bits per heavy atom. The summed E-state index contributed by atoms with van der Waals surface area (Å²) in [5, 5.41) is 3.29. The molecule has 0 heterocycles. The number of rotatable bonds is 6. The normalized spacial score (nSPS) is 11.0. The zero-order valence-electron chi connectivity index (χ0n) is 14.6. The molecule has 0 fully saturated rings. The summed E-state index contributed by atoms with van der Waals surface area (Å²) < 4.78 is 32.5. The van der Waals surface area contributed by atoms with Gasteiger partial charge >= 0.3 is 0 Å². The van der Waals surface area contributed by atoms with E-state index in [0.717, 1.165) is 11.4 Å². The van der Waals surface area contributed by atoms with E-state index in [0.29, 0.717) is 11.4 Å². The zero-order chi connectivity index (χ0) is 18.6. The molecule has 6 heteroatoms. The van der Waals surface area contributed by atoms with E-state index in [2.05, 4.69) is 10.0 Å². The molecule has 0 aliphatic rings. The number of hydrogen-bond donors (Lipinski definition) is 2. The van der Waals surface area contributed by atoms with Crippen LogP contribution >= 0.6 is 0 Å². The Labute approximate surface area is 153 Å². The van der Waals surface area contributed by atoms with Gasteiger partial charge in [0.05, 0.1) is 12.0 Å². The van der Waals surface area contributed by atoms with Crippen LogP contribution in [0.15, 0.2) is 77.7 Å². The summed E-state index contributed by atoms with van der Waals surface area (Å²) >= 11 is 0. The number of benzene rings is 3. The fourth-order valence-corrected chi connectivity index (χ4v) is 3.54. The van der Waals surface area contributed by atoms with Crippen molar-refractivity contribution in [1.82, 2.24) is 0 Å². The molecule has 0 amide bonds. The van der Waals surface area contributed by atoms with E-state index in [1.165, 1.54) is 24.8 Å². The Balaban J connectivity index is 1.71. The van der Waals surface area contributed by atoms with Gasteiger partial charge in [0.2, 0.25) is 0 Å². The summed E-state index contributed by atoms with van der Waals surface area (Å²) in [4.78, 5) is 0.181. The summed E-state index contributed by atoms with van der Waals surface area (Å²) in [6, 6.07) is 21.4. The first-order valence-electron chi connectivity index (χ1n) is 8.07. The standard InChI is InChI=1S/C20H20N2O3S/c1-15-4-3-5-18(14-15)21-16-6-8-17(9-7-16)22-26(23,24)20-12-10-19(25-2)11-13-20/h3-14,21-22H,1-2H3. The third-order valence-corrected chi connectivity index (χ3v) is 5.21. The molecular formula is C20H20N2O3S. The second kappa shape index (κ2) is 7.49. The van der Waals surface area contributed by atoms with Crippen molar-refractivity contribution >= 4 is 27.1 Å². The Bertz CT molecular complexity index is 982. The van der Waals surface area contributed by atoms with Crippen molar-refractivity contribution in [2.24, 2.45) is 0 Å². The Hall–Kier alpha value is -2.99. The molecule has 2 N–H and O–H groups in total. The highest BCUT2D eigenvalue weighted by atomic mass is 32.2. The van der Waals surface area contributed by atoms with Crippen molar-refractivity contribution in [3.63, 3.8) is 0 Å². The van der Waals surface area contributed by atoms with Crippen molar-refractivity contribution in [3.8, 4) is 5.75 Å². The van der Waals surface area contributed by atoms with Crippen molar-refractivity contribution < 1.29 is 13.2 Å². The Kier molecular flexibility index (Phi) is 5.14. The van der Waals surface area contributed by atoms with E-state index in [1.807, 2.05) is 43.3 Å². The molecule has 0 aromatic heterocycles. The first-order valence-corrected chi connectivity index (χ1v) is 9.55. The third-order valence-electron chi connectivity index (χ3n) is 3.81. The average molecular weight is 368 g/mol. The molecule has 3 rings (SSSR count). The minimum atomic E-state index is -3.64. The number of sulfonamides is 1. The summed E-state index contributed by atoms with van der Waals surface area (Å²) in [5.74, 6) is 0.607. The van der Waals surface area contributed by atoms with Crippen LogP contribution in [-0.2, 0) is 10.0 Å². The van der Waals surface area contributed by atoms with E-state index in [9.17, 15) is 8.42 Å². The van der Waals surface area contributed by atoms with Crippen molar-refractivity contribution in [2.75, 3.05) is 17.1 Å². The molecule has 0 saturated heterocycles. The van der Waals surface area contributed by atoms with Gasteiger partial charge < -0.3 is 10.1 Å². The molecule has 134 valence electrons. The van der Waals surface area contributed by atoms with Gasteiger partial charge in [0.25, 0.3) is 10.0 Å². The Morgan fingerprint density at radius 1 is 0.808 bits per heavy atom. The molecular weight excluding hydrogens is 348 g/mol. The maximum absolute atomic E-state index is 12.4. The molecule has 3 aromatic rings. The first kappa shape index (κ1) is 17.8. The van der Waals surface area contributed by atoms with Crippen LogP contribution in [0.25, 0.3) is 0 Å². The molecule has 0 aliphatic heterocycles. The largest absolute Gasteiger partial charge is 0.497 e. The van der Waals surface area contributed by atoms with Crippen LogP contribution in [0.1, 0.15) is 5.56 Å². The second-order valence-electron chi connectivity index (χ2n) is 5.85. The van der Waals surface area contributed by atoms with Gasteiger partial charge in [-0.05, 0) is 73.2 Å². The molecule has 0 saturated carbocycles. The van der Waals surface area contributed by atoms with E-state index in [4.69, 9.17) is 4.74 Å². The van der Waals surface area contributed by atoms with Gasteiger partial charge in [0.1, 0.15) is 5.75 Å². The fourth-order valence-electron chi connectivity index (χ4n) is 2.48. The summed E-state index contributed by atoms with van der Waals surface area (Å²) in [5.41, 5.74) is 3.52.